The van der Waals surface area contributed by atoms with E-state index < -0.39 is 0 Å². The van der Waals surface area contributed by atoms with E-state index >= 15 is 0 Å². The first-order chi connectivity index (χ1) is 9.74. The molecule has 20 heavy (non-hydrogen) atoms. The average molecular weight is 315 g/mol. The Bertz CT molecular complexity index is 476. The van der Waals surface area contributed by atoms with Crippen LogP contribution in [0, 0.1) is 0 Å². The third-order valence-electron chi connectivity index (χ3n) is 3.98. The largest absolute Gasteiger partial charge is 0.383 e. The molecule has 1 aromatic rings. The molecular formula is C13H19ClN4OS. The lowest BCUT2D eigenvalue weighted by atomic mass is 9.98. The lowest BCUT2D eigenvalue weighted by Gasteiger charge is -2.45. The van der Waals surface area contributed by atoms with Crippen molar-refractivity contribution in [3.05, 3.63) is 11.5 Å². The molecule has 0 aliphatic carbocycles. The van der Waals surface area contributed by atoms with Gasteiger partial charge in [0, 0.05) is 43.9 Å². The number of halogens is 1. The van der Waals surface area contributed by atoms with Crippen LogP contribution in [0.4, 0.5) is 11.5 Å². The van der Waals surface area contributed by atoms with E-state index in [1.165, 1.54) is 6.33 Å². The maximum Gasteiger partial charge on any atom is 0.157 e. The summed E-state index contributed by atoms with van der Waals surface area (Å²) in [5, 5.41) is 3.61. The molecule has 1 spiro atoms. The van der Waals surface area contributed by atoms with E-state index in [2.05, 4.69) is 31.9 Å². The molecule has 3 rings (SSSR count). The summed E-state index contributed by atoms with van der Waals surface area (Å²) in [5.41, 5.74) is 0.822. The highest BCUT2D eigenvalue weighted by Crippen LogP contribution is 2.41. The maximum atomic E-state index is 6.16. The fourth-order valence-electron chi connectivity index (χ4n) is 2.88. The van der Waals surface area contributed by atoms with Gasteiger partial charge in [-0.2, -0.15) is 11.8 Å². The van der Waals surface area contributed by atoms with Crippen molar-refractivity contribution in [1.29, 1.82) is 0 Å². The molecule has 0 saturated carbocycles. The molecule has 0 unspecified atom stereocenters. The summed E-state index contributed by atoms with van der Waals surface area (Å²) in [7, 11) is 1.86. The minimum absolute atomic E-state index is 0.305. The zero-order valence-electron chi connectivity index (χ0n) is 11.6. The van der Waals surface area contributed by atoms with E-state index in [0.717, 1.165) is 56.4 Å². The molecule has 5 nitrogen and oxygen atoms in total. The van der Waals surface area contributed by atoms with Crippen LogP contribution in [0.5, 0.6) is 0 Å². The quantitative estimate of drug-likeness (QED) is 0.845. The first-order valence-corrected chi connectivity index (χ1v) is 8.25. The molecule has 3 heterocycles. The minimum Gasteiger partial charge on any atom is -0.383 e. The molecule has 0 atom stereocenters. The zero-order chi connectivity index (χ0) is 14.0. The third kappa shape index (κ3) is 2.69. The second-order valence-corrected chi connectivity index (χ2v) is 7.10. The van der Waals surface area contributed by atoms with Crippen molar-refractivity contribution in [2.75, 3.05) is 49.3 Å². The van der Waals surface area contributed by atoms with Crippen LogP contribution in [0.25, 0.3) is 0 Å². The van der Waals surface area contributed by atoms with Crippen LogP contribution >= 0.6 is 23.4 Å². The lowest BCUT2D eigenvalue weighted by Crippen LogP contribution is -2.50. The molecule has 2 aliphatic rings. The number of hydrogen-bond donors (Lipinski definition) is 1. The molecule has 0 bridgehead atoms. The molecule has 0 amide bonds. The van der Waals surface area contributed by atoms with Crippen LogP contribution in [-0.4, -0.2) is 53.8 Å². The number of nitrogens with one attached hydrogen (secondary N) is 1. The van der Waals surface area contributed by atoms with Crippen molar-refractivity contribution in [3.8, 4) is 0 Å². The first kappa shape index (κ1) is 14.2. The van der Waals surface area contributed by atoms with E-state index in [1.807, 2.05) is 7.05 Å². The Morgan fingerprint density at radius 1 is 1.40 bits per heavy atom. The Hall–Kier alpha value is -0.720. The summed E-state index contributed by atoms with van der Waals surface area (Å²) in [6, 6.07) is 0. The summed E-state index contributed by atoms with van der Waals surface area (Å²) in [4.78, 5) is 10.8. The Kier molecular flexibility index (Phi) is 4.23. The molecule has 2 fully saturated rings. The van der Waals surface area contributed by atoms with E-state index in [4.69, 9.17) is 16.3 Å². The average Bonchev–Trinajstić information content (AvgIpc) is 2.48. The second-order valence-electron chi connectivity index (χ2n) is 5.18. The highest BCUT2D eigenvalue weighted by Gasteiger charge is 2.38. The first-order valence-electron chi connectivity index (χ1n) is 6.89. The van der Waals surface area contributed by atoms with Gasteiger partial charge in [-0.15, -0.1) is 0 Å². The smallest absolute Gasteiger partial charge is 0.157 e. The Labute approximate surface area is 128 Å². The monoisotopic (exact) mass is 314 g/mol. The van der Waals surface area contributed by atoms with E-state index in [0.29, 0.717) is 9.90 Å². The zero-order valence-corrected chi connectivity index (χ0v) is 13.1. The molecule has 2 aliphatic heterocycles. The third-order valence-corrected chi connectivity index (χ3v) is 5.81. The number of ether oxygens (including phenoxy) is 1. The van der Waals surface area contributed by atoms with Crippen LogP contribution in [0.2, 0.25) is 5.15 Å². The number of rotatable bonds is 2. The van der Waals surface area contributed by atoms with Crippen molar-refractivity contribution in [3.63, 3.8) is 0 Å². The Morgan fingerprint density at radius 3 is 2.95 bits per heavy atom. The van der Waals surface area contributed by atoms with E-state index in [-0.39, 0.29) is 0 Å². The van der Waals surface area contributed by atoms with Crippen molar-refractivity contribution < 1.29 is 4.74 Å². The molecule has 110 valence electrons. The molecule has 2 saturated heterocycles. The predicted octanol–water partition coefficient (Wildman–Crippen LogP) is 2.27. The van der Waals surface area contributed by atoms with Gasteiger partial charge in [0.25, 0.3) is 0 Å². The van der Waals surface area contributed by atoms with Gasteiger partial charge in [0.05, 0.1) is 0 Å². The van der Waals surface area contributed by atoms with Crippen molar-refractivity contribution in [1.82, 2.24) is 9.97 Å². The van der Waals surface area contributed by atoms with Gasteiger partial charge in [-0.1, -0.05) is 11.6 Å². The highest BCUT2D eigenvalue weighted by atomic mass is 35.5. The van der Waals surface area contributed by atoms with Crippen LogP contribution in [0.3, 0.4) is 0 Å². The van der Waals surface area contributed by atoms with Crippen molar-refractivity contribution >= 4 is 34.9 Å². The maximum absolute atomic E-state index is 6.16. The Morgan fingerprint density at radius 2 is 2.20 bits per heavy atom. The van der Waals surface area contributed by atoms with Crippen LogP contribution in [0.15, 0.2) is 6.33 Å². The fourth-order valence-corrected chi connectivity index (χ4v) is 4.55. The van der Waals surface area contributed by atoms with E-state index in [9.17, 15) is 0 Å². The van der Waals surface area contributed by atoms with Crippen molar-refractivity contribution in [2.24, 2.45) is 0 Å². The topological polar surface area (TPSA) is 50.3 Å². The second kappa shape index (κ2) is 5.95. The fraction of sp³-hybridized carbons (Fsp3) is 0.692. The van der Waals surface area contributed by atoms with Gasteiger partial charge in [-0.3, -0.25) is 0 Å². The number of anilines is 2. The minimum atomic E-state index is 0.305. The van der Waals surface area contributed by atoms with Crippen molar-refractivity contribution in [2.45, 2.75) is 17.6 Å². The molecule has 1 aromatic heterocycles. The molecular weight excluding hydrogens is 296 g/mol. The Balaban J connectivity index is 1.85. The predicted molar refractivity (Wildman–Crippen MR) is 84.0 cm³/mol. The van der Waals surface area contributed by atoms with Gasteiger partial charge in [0.15, 0.2) is 11.0 Å². The summed E-state index contributed by atoms with van der Waals surface area (Å²) < 4.78 is 5.82. The van der Waals surface area contributed by atoms with Crippen LogP contribution in [0.1, 0.15) is 12.8 Å². The summed E-state index contributed by atoms with van der Waals surface area (Å²) in [5.74, 6) is 2.03. The summed E-state index contributed by atoms with van der Waals surface area (Å²) >= 11 is 8.24. The molecule has 0 radical (unpaired) electrons. The molecule has 0 aromatic carbocycles. The van der Waals surface area contributed by atoms with Gasteiger partial charge in [-0.25, -0.2) is 9.97 Å². The number of nitrogens with zero attached hydrogens (tertiary/aromatic N) is 3. The molecule has 7 heteroatoms. The van der Waals surface area contributed by atoms with Crippen LogP contribution < -0.4 is 10.2 Å². The van der Waals surface area contributed by atoms with Gasteiger partial charge in [-0.05, 0) is 12.8 Å². The SMILES string of the molecule is CNc1c(Cl)ncnc1N1CCSC2(CCOCC2)C1. The number of aromatic nitrogens is 2. The number of thioether (sulfide) groups is 1. The van der Waals surface area contributed by atoms with Gasteiger partial charge >= 0.3 is 0 Å². The van der Waals surface area contributed by atoms with Gasteiger partial charge < -0.3 is 15.0 Å². The summed E-state index contributed by atoms with van der Waals surface area (Å²) in [6.07, 6.45) is 3.76. The lowest BCUT2D eigenvalue weighted by molar-refractivity contribution is 0.0781. The molecule has 1 N–H and O–H groups in total. The van der Waals surface area contributed by atoms with Crippen LogP contribution in [-0.2, 0) is 4.74 Å². The standard InChI is InChI=1S/C13H19ClN4OS/c1-15-10-11(14)16-9-17-12(10)18-4-7-20-13(8-18)2-5-19-6-3-13/h9,15H,2-8H2,1H3. The van der Waals surface area contributed by atoms with Gasteiger partial charge in [0.1, 0.15) is 12.0 Å². The van der Waals surface area contributed by atoms with Gasteiger partial charge in [0.2, 0.25) is 0 Å². The summed E-state index contributed by atoms with van der Waals surface area (Å²) in [6.45, 7) is 3.73. The normalized spacial score (nSPS) is 22.0. The number of hydrogen-bond acceptors (Lipinski definition) is 6. The van der Waals surface area contributed by atoms with E-state index in [1.54, 1.807) is 0 Å². The highest BCUT2D eigenvalue weighted by molar-refractivity contribution is 8.00.